The van der Waals surface area contributed by atoms with Crippen molar-refractivity contribution in [3.8, 4) is 17.2 Å². The molecule has 3 heteroatoms. The summed E-state index contributed by atoms with van der Waals surface area (Å²) in [4.78, 5) is 12.5. The lowest BCUT2D eigenvalue weighted by molar-refractivity contribution is 0.103. The van der Waals surface area contributed by atoms with Crippen LogP contribution >= 0.6 is 0 Å². The summed E-state index contributed by atoms with van der Waals surface area (Å²) in [6.45, 7) is 2.00. The summed E-state index contributed by atoms with van der Waals surface area (Å²) in [5, 5.41) is 0. The molecule has 0 saturated carbocycles. The van der Waals surface area contributed by atoms with E-state index in [2.05, 4.69) is 0 Å². The van der Waals surface area contributed by atoms with Gasteiger partial charge in [-0.1, -0.05) is 42.0 Å². The minimum atomic E-state index is -0.00107. The summed E-state index contributed by atoms with van der Waals surface area (Å²) in [5.74, 6) is 1.95. The Labute approximate surface area is 141 Å². The minimum Gasteiger partial charge on any atom is -0.493 e. The van der Waals surface area contributed by atoms with Crippen molar-refractivity contribution in [2.45, 2.75) is 6.92 Å². The molecule has 0 aromatic heterocycles. The normalized spacial score (nSPS) is 10.2. The Hall–Kier alpha value is -3.07. The molecule has 0 spiro atoms. The first-order valence-corrected chi connectivity index (χ1v) is 7.69. The smallest absolute Gasteiger partial charge is 0.193 e. The zero-order valence-electron chi connectivity index (χ0n) is 13.7. The number of aryl methyl sites for hydroxylation is 1. The maximum Gasteiger partial charge on any atom is 0.193 e. The van der Waals surface area contributed by atoms with Gasteiger partial charge in [0.05, 0.1) is 7.11 Å². The molecule has 0 atom stereocenters. The summed E-state index contributed by atoms with van der Waals surface area (Å²) in [5.41, 5.74) is 2.44. The van der Waals surface area contributed by atoms with Crippen LogP contribution in [0.1, 0.15) is 21.5 Å². The second kappa shape index (κ2) is 7.01. The lowest BCUT2D eigenvalue weighted by Gasteiger charge is -2.10. The molecule has 0 aliphatic rings. The van der Waals surface area contributed by atoms with Crippen LogP contribution in [0.3, 0.4) is 0 Å². The lowest BCUT2D eigenvalue weighted by Crippen LogP contribution is -2.01. The Morgan fingerprint density at radius 3 is 1.88 bits per heavy atom. The van der Waals surface area contributed by atoms with Gasteiger partial charge in [0.15, 0.2) is 17.3 Å². The topological polar surface area (TPSA) is 35.5 Å². The third-order valence-electron chi connectivity index (χ3n) is 3.73. The zero-order chi connectivity index (χ0) is 16.9. The van der Waals surface area contributed by atoms with Crippen LogP contribution in [0, 0.1) is 6.92 Å². The molecule has 0 unspecified atom stereocenters. The molecule has 0 bridgehead atoms. The molecule has 0 fully saturated rings. The molecule has 3 nitrogen and oxygen atoms in total. The van der Waals surface area contributed by atoms with Crippen molar-refractivity contribution < 1.29 is 14.3 Å². The second-order valence-electron chi connectivity index (χ2n) is 5.47. The van der Waals surface area contributed by atoms with Crippen LogP contribution in [0.15, 0.2) is 72.8 Å². The van der Waals surface area contributed by atoms with Gasteiger partial charge < -0.3 is 9.47 Å². The third-order valence-corrected chi connectivity index (χ3v) is 3.73. The number of ether oxygens (including phenoxy) is 2. The quantitative estimate of drug-likeness (QED) is 0.619. The van der Waals surface area contributed by atoms with Crippen molar-refractivity contribution in [2.75, 3.05) is 7.11 Å². The van der Waals surface area contributed by atoms with Gasteiger partial charge in [0.25, 0.3) is 0 Å². The molecule has 3 rings (SSSR count). The predicted molar refractivity (Wildman–Crippen MR) is 94.1 cm³/mol. The van der Waals surface area contributed by atoms with Crippen LogP contribution in [0.4, 0.5) is 0 Å². The number of carbonyl (C=O) groups excluding carboxylic acids is 1. The molecule has 0 radical (unpaired) electrons. The Balaban J connectivity index is 1.78. The van der Waals surface area contributed by atoms with E-state index >= 15 is 0 Å². The SMILES string of the molecule is COc1ccccc1Oc1ccc(C(=O)c2ccc(C)cc2)cc1. The highest BCUT2D eigenvalue weighted by Gasteiger charge is 2.10. The first-order chi connectivity index (χ1) is 11.7. The van der Waals surface area contributed by atoms with E-state index in [1.165, 1.54) is 0 Å². The number of methoxy groups -OCH3 is 1. The van der Waals surface area contributed by atoms with Gasteiger partial charge in [-0.2, -0.15) is 0 Å². The highest BCUT2D eigenvalue weighted by molar-refractivity contribution is 6.09. The summed E-state index contributed by atoms with van der Waals surface area (Å²) in [6, 6.07) is 22.1. The Bertz CT molecular complexity index is 834. The lowest BCUT2D eigenvalue weighted by atomic mass is 10.0. The maximum absolute atomic E-state index is 12.5. The van der Waals surface area contributed by atoms with Crippen LogP contribution in [-0.4, -0.2) is 12.9 Å². The number of carbonyl (C=O) groups is 1. The van der Waals surface area contributed by atoms with Crippen LogP contribution in [0.5, 0.6) is 17.2 Å². The molecule has 0 saturated heterocycles. The Kier molecular flexibility index (Phi) is 4.62. The summed E-state index contributed by atoms with van der Waals surface area (Å²) < 4.78 is 11.1. The molecule has 0 heterocycles. The minimum absolute atomic E-state index is 0.00107. The van der Waals surface area contributed by atoms with Gasteiger partial charge in [0.2, 0.25) is 0 Å². The first-order valence-electron chi connectivity index (χ1n) is 7.69. The van der Waals surface area contributed by atoms with Gasteiger partial charge >= 0.3 is 0 Å². The molecule has 3 aromatic rings. The average molecular weight is 318 g/mol. The van der Waals surface area contributed by atoms with E-state index in [-0.39, 0.29) is 5.78 Å². The summed E-state index contributed by atoms with van der Waals surface area (Å²) in [6.07, 6.45) is 0. The zero-order valence-corrected chi connectivity index (χ0v) is 13.7. The van der Waals surface area contributed by atoms with Crippen molar-refractivity contribution in [1.82, 2.24) is 0 Å². The second-order valence-corrected chi connectivity index (χ2v) is 5.47. The van der Waals surface area contributed by atoms with Gasteiger partial charge in [-0.25, -0.2) is 0 Å². The number of para-hydroxylation sites is 2. The summed E-state index contributed by atoms with van der Waals surface area (Å²) in [7, 11) is 1.60. The molecule has 0 aliphatic carbocycles. The molecular formula is C21H18O3. The van der Waals surface area contributed by atoms with Crippen molar-refractivity contribution in [3.05, 3.63) is 89.5 Å². The fraction of sp³-hybridized carbons (Fsp3) is 0.0952. The van der Waals surface area contributed by atoms with Gasteiger partial charge in [-0.05, 0) is 43.3 Å². The number of hydrogen-bond donors (Lipinski definition) is 0. The Morgan fingerprint density at radius 1 is 0.750 bits per heavy atom. The van der Waals surface area contributed by atoms with Gasteiger partial charge in [0, 0.05) is 11.1 Å². The van der Waals surface area contributed by atoms with E-state index in [4.69, 9.17) is 9.47 Å². The van der Waals surface area contributed by atoms with Crippen LogP contribution in [0.2, 0.25) is 0 Å². The summed E-state index contributed by atoms with van der Waals surface area (Å²) >= 11 is 0. The van der Waals surface area contributed by atoms with Gasteiger partial charge in [0.1, 0.15) is 5.75 Å². The molecular weight excluding hydrogens is 300 g/mol. The van der Waals surface area contributed by atoms with Gasteiger partial charge in [-0.3, -0.25) is 4.79 Å². The predicted octanol–water partition coefficient (Wildman–Crippen LogP) is 5.03. The monoisotopic (exact) mass is 318 g/mol. The average Bonchev–Trinajstić information content (AvgIpc) is 2.63. The van der Waals surface area contributed by atoms with Crippen molar-refractivity contribution in [1.29, 1.82) is 0 Å². The molecule has 3 aromatic carbocycles. The van der Waals surface area contributed by atoms with E-state index < -0.39 is 0 Å². The Morgan fingerprint density at radius 2 is 1.29 bits per heavy atom. The van der Waals surface area contributed by atoms with Crippen LogP contribution < -0.4 is 9.47 Å². The highest BCUT2D eigenvalue weighted by Crippen LogP contribution is 2.31. The van der Waals surface area contributed by atoms with E-state index in [0.717, 1.165) is 5.56 Å². The maximum atomic E-state index is 12.5. The molecule has 24 heavy (non-hydrogen) atoms. The third kappa shape index (κ3) is 3.46. The van der Waals surface area contributed by atoms with Gasteiger partial charge in [-0.15, -0.1) is 0 Å². The largest absolute Gasteiger partial charge is 0.493 e. The standard InChI is InChI=1S/C21H18O3/c1-15-7-9-16(10-8-15)21(22)17-11-13-18(14-12-17)24-20-6-4-3-5-19(20)23-2/h3-14H,1-2H3. The van der Waals surface area contributed by atoms with E-state index in [1.54, 1.807) is 31.4 Å². The molecule has 0 amide bonds. The van der Waals surface area contributed by atoms with E-state index in [1.807, 2.05) is 55.5 Å². The van der Waals surface area contributed by atoms with Crippen LogP contribution in [-0.2, 0) is 0 Å². The highest BCUT2D eigenvalue weighted by atomic mass is 16.5. The van der Waals surface area contributed by atoms with Crippen LogP contribution in [0.25, 0.3) is 0 Å². The number of hydrogen-bond acceptors (Lipinski definition) is 3. The van der Waals surface area contributed by atoms with Crippen molar-refractivity contribution in [3.63, 3.8) is 0 Å². The molecule has 0 aliphatic heterocycles. The number of rotatable bonds is 5. The van der Waals surface area contributed by atoms with Crippen molar-refractivity contribution in [2.24, 2.45) is 0 Å². The number of ketones is 1. The van der Waals surface area contributed by atoms with E-state index in [0.29, 0.717) is 28.4 Å². The molecule has 120 valence electrons. The van der Waals surface area contributed by atoms with E-state index in [9.17, 15) is 4.79 Å². The fourth-order valence-corrected chi connectivity index (χ4v) is 2.38. The fourth-order valence-electron chi connectivity index (χ4n) is 2.38. The first kappa shape index (κ1) is 15.8. The molecule has 0 N–H and O–H groups in total. The van der Waals surface area contributed by atoms with Crippen molar-refractivity contribution >= 4 is 5.78 Å². The number of benzene rings is 3.